The van der Waals surface area contributed by atoms with Crippen LogP contribution in [0.25, 0.3) is 17.0 Å². The number of hydrogen-bond donors (Lipinski definition) is 1. The number of para-hydroxylation sites is 1. The zero-order valence-electron chi connectivity index (χ0n) is 12.9. The second kappa shape index (κ2) is 6.57. The van der Waals surface area contributed by atoms with Gasteiger partial charge in [-0.2, -0.15) is 5.26 Å². The van der Waals surface area contributed by atoms with Gasteiger partial charge in [0.05, 0.1) is 0 Å². The van der Waals surface area contributed by atoms with Crippen molar-refractivity contribution in [2.75, 3.05) is 0 Å². The normalized spacial score (nSPS) is 11.1. The number of halogens is 2. The maximum Gasteiger partial charge on any atom is 0.328 e. The third-order valence-corrected chi connectivity index (χ3v) is 3.77. The summed E-state index contributed by atoms with van der Waals surface area (Å²) in [5, 5.41) is 19.1. The van der Waals surface area contributed by atoms with Crippen LogP contribution in [0.2, 0.25) is 0 Å². The molecule has 1 N–H and O–H groups in total. The molecule has 6 heteroatoms. The second-order valence-corrected chi connectivity index (χ2v) is 5.43. The molecule has 0 spiro atoms. The number of carbonyl (C=O) groups is 1. The van der Waals surface area contributed by atoms with Crippen molar-refractivity contribution in [3.05, 3.63) is 77.0 Å². The molecule has 124 valence electrons. The van der Waals surface area contributed by atoms with Crippen molar-refractivity contribution in [1.82, 2.24) is 4.57 Å². The molecule has 0 aliphatic heterocycles. The summed E-state index contributed by atoms with van der Waals surface area (Å²) >= 11 is 0. The van der Waals surface area contributed by atoms with Crippen LogP contribution in [0.4, 0.5) is 8.78 Å². The Hall–Kier alpha value is -3.46. The van der Waals surface area contributed by atoms with Crippen LogP contribution in [0.5, 0.6) is 0 Å². The first-order valence-electron chi connectivity index (χ1n) is 7.37. The van der Waals surface area contributed by atoms with E-state index in [1.165, 1.54) is 18.2 Å². The molecular weight excluding hydrogens is 326 g/mol. The highest BCUT2D eigenvalue weighted by molar-refractivity contribution is 5.96. The highest BCUT2D eigenvalue weighted by atomic mass is 19.1. The Morgan fingerprint density at radius 3 is 2.52 bits per heavy atom. The van der Waals surface area contributed by atoms with Crippen molar-refractivity contribution < 1.29 is 18.7 Å². The Morgan fingerprint density at radius 2 is 1.88 bits per heavy atom. The summed E-state index contributed by atoms with van der Waals surface area (Å²) in [6, 6.07) is 12.3. The number of fused-ring (bicyclic) bond motifs is 1. The van der Waals surface area contributed by atoms with E-state index in [1.807, 2.05) is 0 Å². The minimum Gasteiger partial charge on any atom is -0.478 e. The zero-order chi connectivity index (χ0) is 18.0. The third kappa shape index (κ3) is 3.26. The molecule has 4 nitrogen and oxygen atoms in total. The number of hydrogen-bond acceptors (Lipinski definition) is 2. The third-order valence-electron chi connectivity index (χ3n) is 3.77. The molecule has 0 atom stereocenters. The van der Waals surface area contributed by atoms with Crippen molar-refractivity contribution in [3.8, 4) is 6.07 Å². The van der Waals surface area contributed by atoms with Crippen LogP contribution in [0, 0.1) is 23.0 Å². The van der Waals surface area contributed by atoms with Crippen molar-refractivity contribution >= 4 is 22.9 Å². The molecule has 25 heavy (non-hydrogen) atoms. The molecule has 0 unspecified atom stereocenters. The van der Waals surface area contributed by atoms with Gasteiger partial charge in [0.1, 0.15) is 23.4 Å². The summed E-state index contributed by atoms with van der Waals surface area (Å²) < 4.78 is 28.5. The van der Waals surface area contributed by atoms with E-state index in [0.29, 0.717) is 22.0 Å². The Bertz CT molecular complexity index is 1030. The van der Waals surface area contributed by atoms with E-state index in [0.717, 1.165) is 12.1 Å². The van der Waals surface area contributed by atoms with Crippen LogP contribution >= 0.6 is 0 Å². The lowest BCUT2D eigenvalue weighted by atomic mass is 10.1. The number of carboxylic acids is 1. The van der Waals surface area contributed by atoms with Crippen molar-refractivity contribution in [1.29, 1.82) is 5.26 Å². The minimum atomic E-state index is -1.13. The lowest BCUT2D eigenvalue weighted by Gasteiger charge is -2.08. The number of carboxylic acid groups (broad SMARTS) is 1. The molecular formula is C19H12F2N2O2. The molecule has 1 heterocycles. The molecule has 0 amide bonds. The predicted molar refractivity (Wildman–Crippen MR) is 88.8 cm³/mol. The van der Waals surface area contributed by atoms with E-state index >= 15 is 0 Å². The number of nitrogens with zero attached hydrogens (tertiary/aromatic N) is 2. The fourth-order valence-corrected chi connectivity index (χ4v) is 2.82. The molecule has 0 saturated heterocycles. The van der Waals surface area contributed by atoms with E-state index in [-0.39, 0.29) is 12.2 Å². The van der Waals surface area contributed by atoms with Crippen LogP contribution in [0.3, 0.4) is 0 Å². The highest BCUT2D eigenvalue weighted by Gasteiger charge is 2.16. The Balaban J connectivity index is 2.20. The van der Waals surface area contributed by atoms with Crippen LogP contribution in [0.1, 0.15) is 16.8 Å². The smallest absolute Gasteiger partial charge is 0.328 e. The van der Waals surface area contributed by atoms with Gasteiger partial charge in [-0.05, 0) is 29.8 Å². The molecule has 0 aliphatic carbocycles. The van der Waals surface area contributed by atoms with Gasteiger partial charge < -0.3 is 9.67 Å². The van der Waals surface area contributed by atoms with Gasteiger partial charge in [0.15, 0.2) is 0 Å². The standard InChI is InChI=1S/C19H12F2N2O2/c20-13-7-12(8-14(21)9-13)11-23-17-4-2-1-3-15(17)16(18(23)10-22)5-6-19(24)25/h1-9H,11H2,(H,24,25). The average Bonchev–Trinajstić information content (AvgIpc) is 2.85. The summed E-state index contributed by atoms with van der Waals surface area (Å²) in [7, 11) is 0. The van der Waals surface area contributed by atoms with E-state index in [1.54, 1.807) is 28.8 Å². The summed E-state index contributed by atoms with van der Waals surface area (Å²) in [6.07, 6.45) is 2.31. The maximum atomic E-state index is 13.5. The van der Waals surface area contributed by atoms with Gasteiger partial charge in [0, 0.05) is 35.2 Å². The second-order valence-electron chi connectivity index (χ2n) is 5.43. The van der Waals surface area contributed by atoms with Crippen LogP contribution in [0.15, 0.2) is 48.5 Å². The van der Waals surface area contributed by atoms with E-state index in [9.17, 15) is 18.8 Å². The van der Waals surface area contributed by atoms with Gasteiger partial charge in [0.25, 0.3) is 0 Å². The van der Waals surface area contributed by atoms with E-state index in [2.05, 4.69) is 6.07 Å². The first kappa shape index (κ1) is 16.4. The molecule has 0 aliphatic rings. The van der Waals surface area contributed by atoms with Crippen LogP contribution in [-0.4, -0.2) is 15.6 Å². The molecule has 0 bridgehead atoms. The highest BCUT2D eigenvalue weighted by Crippen LogP contribution is 2.28. The Morgan fingerprint density at radius 1 is 1.20 bits per heavy atom. The first-order chi connectivity index (χ1) is 12.0. The minimum absolute atomic E-state index is 0.0823. The topological polar surface area (TPSA) is 66.0 Å². The lowest BCUT2D eigenvalue weighted by molar-refractivity contribution is -0.131. The number of aliphatic carboxylic acids is 1. The summed E-state index contributed by atoms with van der Waals surface area (Å²) in [4.78, 5) is 10.8. The van der Waals surface area contributed by atoms with Crippen LogP contribution < -0.4 is 0 Å². The van der Waals surface area contributed by atoms with Gasteiger partial charge in [-0.15, -0.1) is 0 Å². The molecule has 0 radical (unpaired) electrons. The largest absolute Gasteiger partial charge is 0.478 e. The summed E-state index contributed by atoms with van der Waals surface area (Å²) in [5.74, 6) is -2.53. The Labute approximate surface area is 141 Å². The fraction of sp³-hybridized carbons (Fsp3) is 0.0526. The fourth-order valence-electron chi connectivity index (χ4n) is 2.82. The molecule has 0 saturated carbocycles. The van der Waals surface area contributed by atoms with Gasteiger partial charge in [0.2, 0.25) is 0 Å². The molecule has 0 fully saturated rings. The molecule has 2 aromatic carbocycles. The van der Waals surface area contributed by atoms with Gasteiger partial charge >= 0.3 is 5.97 Å². The lowest BCUT2D eigenvalue weighted by Crippen LogP contribution is -2.03. The maximum absolute atomic E-state index is 13.5. The summed E-state index contributed by atoms with van der Waals surface area (Å²) in [6.45, 7) is 0.0823. The van der Waals surface area contributed by atoms with Crippen molar-refractivity contribution in [3.63, 3.8) is 0 Å². The van der Waals surface area contributed by atoms with Crippen molar-refractivity contribution in [2.45, 2.75) is 6.54 Å². The number of rotatable bonds is 4. The number of benzene rings is 2. The van der Waals surface area contributed by atoms with E-state index in [4.69, 9.17) is 5.11 Å². The van der Waals surface area contributed by atoms with Gasteiger partial charge in [-0.25, -0.2) is 13.6 Å². The first-order valence-corrected chi connectivity index (χ1v) is 7.37. The number of aromatic nitrogens is 1. The Kier molecular flexibility index (Phi) is 4.31. The monoisotopic (exact) mass is 338 g/mol. The zero-order valence-corrected chi connectivity index (χ0v) is 12.9. The van der Waals surface area contributed by atoms with Crippen molar-refractivity contribution in [2.24, 2.45) is 0 Å². The average molecular weight is 338 g/mol. The number of nitriles is 1. The predicted octanol–water partition coefficient (Wildman–Crippen LogP) is 3.94. The molecule has 3 aromatic rings. The molecule has 3 rings (SSSR count). The SMILES string of the molecule is N#Cc1c(C=CC(=O)O)c2ccccc2n1Cc1cc(F)cc(F)c1. The molecule has 1 aromatic heterocycles. The van der Waals surface area contributed by atoms with E-state index < -0.39 is 17.6 Å². The van der Waals surface area contributed by atoms with Gasteiger partial charge in [-0.3, -0.25) is 0 Å². The van der Waals surface area contributed by atoms with Gasteiger partial charge in [-0.1, -0.05) is 18.2 Å². The van der Waals surface area contributed by atoms with Crippen LogP contribution in [-0.2, 0) is 11.3 Å². The summed E-state index contributed by atoms with van der Waals surface area (Å²) in [5.41, 5.74) is 1.72. The quantitative estimate of drug-likeness (QED) is 0.733.